The van der Waals surface area contributed by atoms with Gasteiger partial charge in [0.2, 0.25) is 0 Å². The number of rotatable bonds is 2. The summed E-state index contributed by atoms with van der Waals surface area (Å²) < 4.78 is 3.58. The van der Waals surface area contributed by atoms with Gasteiger partial charge in [-0.05, 0) is 62.8 Å². The lowest BCUT2D eigenvalue weighted by Gasteiger charge is -2.02. The zero-order chi connectivity index (χ0) is 11.7. The maximum Gasteiger partial charge on any atom is 0.356 e. The van der Waals surface area contributed by atoms with Crippen molar-refractivity contribution >= 4 is 44.5 Å². The van der Waals surface area contributed by atoms with Crippen LogP contribution >= 0.6 is 38.5 Å². The van der Waals surface area contributed by atoms with Gasteiger partial charge in [0.15, 0.2) is 5.69 Å². The molecule has 2 aromatic rings. The van der Waals surface area contributed by atoms with Gasteiger partial charge < -0.3 is 5.11 Å². The Balaban J connectivity index is 2.42. The van der Waals surface area contributed by atoms with Crippen LogP contribution in [0.2, 0.25) is 0 Å². The summed E-state index contributed by atoms with van der Waals surface area (Å²) in [5.74, 6) is -1.02. The van der Waals surface area contributed by atoms with Gasteiger partial charge in [-0.1, -0.05) is 0 Å². The van der Waals surface area contributed by atoms with Gasteiger partial charge >= 0.3 is 5.97 Å². The van der Waals surface area contributed by atoms with Gasteiger partial charge in [0, 0.05) is 14.2 Å². The lowest BCUT2D eigenvalue weighted by molar-refractivity contribution is 0.0690. The van der Waals surface area contributed by atoms with Gasteiger partial charge in [0.1, 0.15) is 0 Å². The number of carboxylic acid groups (broad SMARTS) is 1. The molecule has 6 heteroatoms. The molecule has 0 spiro atoms. The highest BCUT2D eigenvalue weighted by Crippen LogP contribution is 2.22. The fourth-order valence-electron chi connectivity index (χ4n) is 1.21. The Hall–Kier alpha value is -0.890. The van der Waals surface area contributed by atoms with Crippen LogP contribution in [0.4, 0.5) is 0 Å². The Morgan fingerprint density at radius 2 is 2.19 bits per heavy atom. The Morgan fingerprint density at radius 1 is 1.44 bits per heavy atom. The normalized spacial score (nSPS) is 10.4. The van der Waals surface area contributed by atoms with E-state index in [4.69, 9.17) is 5.11 Å². The predicted molar refractivity (Wildman–Crippen MR) is 70.9 cm³/mol. The second-order valence-electron chi connectivity index (χ2n) is 3.05. The molecule has 2 rings (SSSR count). The third kappa shape index (κ3) is 2.27. The lowest BCUT2D eigenvalue weighted by Crippen LogP contribution is -2.01. The zero-order valence-electron chi connectivity index (χ0n) is 7.89. The Morgan fingerprint density at radius 3 is 2.75 bits per heavy atom. The number of carbonyl (C=O) groups is 1. The van der Waals surface area contributed by atoms with E-state index in [2.05, 4.69) is 43.6 Å². The molecule has 0 saturated carbocycles. The van der Waals surface area contributed by atoms with E-state index in [1.54, 1.807) is 6.20 Å². The summed E-state index contributed by atoms with van der Waals surface area (Å²) in [5.41, 5.74) is 0.856. The van der Waals surface area contributed by atoms with Crippen LogP contribution < -0.4 is 0 Å². The largest absolute Gasteiger partial charge is 0.476 e. The SMILES string of the molecule is O=C(O)c1ccn(-c2ccc(I)c(Br)c2)n1. The number of halogens is 2. The standard InChI is InChI=1S/C10H6BrIN2O2/c11-7-5-6(1-2-8(7)12)14-4-3-9(13-14)10(15)16/h1-5H,(H,15,16). The summed E-state index contributed by atoms with van der Waals surface area (Å²) in [6, 6.07) is 7.17. The number of nitrogens with zero attached hydrogens (tertiary/aromatic N) is 2. The van der Waals surface area contributed by atoms with E-state index >= 15 is 0 Å². The third-order valence-electron chi connectivity index (χ3n) is 1.98. The molecule has 0 aliphatic carbocycles. The summed E-state index contributed by atoms with van der Waals surface area (Å²) in [6.07, 6.45) is 1.62. The van der Waals surface area contributed by atoms with E-state index in [1.165, 1.54) is 10.7 Å². The van der Waals surface area contributed by atoms with Crippen LogP contribution in [-0.2, 0) is 0 Å². The highest BCUT2D eigenvalue weighted by atomic mass is 127. The predicted octanol–water partition coefficient (Wildman–Crippen LogP) is 2.94. The first-order valence-corrected chi connectivity index (χ1v) is 6.19. The molecule has 0 aliphatic rings. The van der Waals surface area contributed by atoms with Gasteiger partial charge in [-0.3, -0.25) is 0 Å². The molecule has 82 valence electrons. The molecule has 1 N–H and O–H groups in total. The fraction of sp³-hybridized carbons (Fsp3) is 0. The van der Waals surface area contributed by atoms with Gasteiger partial charge in [-0.2, -0.15) is 5.10 Å². The van der Waals surface area contributed by atoms with Crippen molar-refractivity contribution in [1.82, 2.24) is 9.78 Å². The van der Waals surface area contributed by atoms with E-state index < -0.39 is 5.97 Å². The van der Waals surface area contributed by atoms with Crippen LogP contribution in [0, 0.1) is 3.57 Å². The highest BCUT2D eigenvalue weighted by Gasteiger charge is 2.08. The topological polar surface area (TPSA) is 55.1 Å². The number of hydrogen-bond donors (Lipinski definition) is 1. The van der Waals surface area contributed by atoms with Crippen LogP contribution in [0.25, 0.3) is 5.69 Å². The molecule has 0 radical (unpaired) electrons. The second-order valence-corrected chi connectivity index (χ2v) is 5.07. The molecule has 1 heterocycles. The number of benzene rings is 1. The van der Waals surface area contributed by atoms with Crippen molar-refractivity contribution in [3.8, 4) is 5.69 Å². The van der Waals surface area contributed by atoms with Crippen LogP contribution in [0.5, 0.6) is 0 Å². The summed E-state index contributed by atoms with van der Waals surface area (Å²) in [4.78, 5) is 10.7. The molecule has 1 aromatic carbocycles. The average Bonchev–Trinajstić information content (AvgIpc) is 2.71. The summed E-state index contributed by atoms with van der Waals surface area (Å²) in [7, 11) is 0. The first kappa shape index (κ1) is 11.6. The van der Waals surface area contributed by atoms with Crippen molar-refractivity contribution in [2.75, 3.05) is 0 Å². The van der Waals surface area contributed by atoms with Crippen molar-refractivity contribution in [3.05, 3.63) is 44.2 Å². The first-order valence-electron chi connectivity index (χ1n) is 4.32. The fourth-order valence-corrected chi connectivity index (χ4v) is 1.91. The molecule has 0 amide bonds. The van der Waals surface area contributed by atoms with E-state index in [1.807, 2.05) is 18.2 Å². The Bertz CT molecular complexity index is 554. The lowest BCUT2D eigenvalue weighted by atomic mass is 10.3. The van der Waals surface area contributed by atoms with Crippen LogP contribution in [-0.4, -0.2) is 20.9 Å². The molecular weight excluding hydrogens is 387 g/mol. The molecule has 0 bridgehead atoms. The minimum absolute atomic E-state index is 0.0367. The van der Waals surface area contributed by atoms with Crippen molar-refractivity contribution in [3.63, 3.8) is 0 Å². The minimum atomic E-state index is -1.02. The van der Waals surface area contributed by atoms with E-state index in [0.717, 1.165) is 13.7 Å². The smallest absolute Gasteiger partial charge is 0.356 e. The molecule has 0 atom stereocenters. The quantitative estimate of drug-likeness (QED) is 0.799. The molecular formula is C10H6BrIN2O2. The molecule has 1 aromatic heterocycles. The molecule has 0 unspecified atom stereocenters. The number of hydrogen-bond acceptors (Lipinski definition) is 2. The van der Waals surface area contributed by atoms with Crippen LogP contribution in [0.3, 0.4) is 0 Å². The van der Waals surface area contributed by atoms with E-state index in [0.29, 0.717) is 0 Å². The third-order valence-corrected chi connectivity index (χ3v) is 4.31. The van der Waals surface area contributed by atoms with E-state index in [9.17, 15) is 4.79 Å². The van der Waals surface area contributed by atoms with Crippen molar-refractivity contribution in [1.29, 1.82) is 0 Å². The molecule has 0 fully saturated rings. The molecule has 4 nitrogen and oxygen atoms in total. The van der Waals surface area contributed by atoms with Crippen molar-refractivity contribution in [2.45, 2.75) is 0 Å². The number of aromatic nitrogens is 2. The molecule has 0 aliphatic heterocycles. The maximum absolute atomic E-state index is 10.7. The second kappa shape index (κ2) is 4.54. The summed E-state index contributed by atoms with van der Waals surface area (Å²) >= 11 is 5.62. The highest BCUT2D eigenvalue weighted by molar-refractivity contribution is 14.1. The maximum atomic E-state index is 10.7. The van der Waals surface area contributed by atoms with Crippen LogP contribution in [0.15, 0.2) is 34.9 Å². The average molecular weight is 393 g/mol. The van der Waals surface area contributed by atoms with Crippen LogP contribution in [0.1, 0.15) is 10.5 Å². The van der Waals surface area contributed by atoms with Crippen molar-refractivity contribution < 1.29 is 9.90 Å². The monoisotopic (exact) mass is 392 g/mol. The van der Waals surface area contributed by atoms with Gasteiger partial charge in [0.25, 0.3) is 0 Å². The Labute approximate surface area is 114 Å². The summed E-state index contributed by atoms with van der Waals surface area (Å²) in [5, 5.41) is 12.7. The molecule has 16 heavy (non-hydrogen) atoms. The zero-order valence-corrected chi connectivity index (χ0v) is 11.6. The first-order chi connectivity index (χ1) is 7.58. The van der Waals surface area contributed by atoms with E-state index in [-0.39, 0.29) is 5.69 Å². The number of aromatic carboxylic acids is 1. The summed E-state index contributed by atoms with van der Waals surface area (Å²) in [6.45, 7) is 0. The van der Waals surface area contributed by atoms with Gasteiger partial charge in [-0.15, -0.1) is 0 Å². The van der Waals surface area contributed by atoms with Gasteiger partial charge in [-0.25, -0.2) is 9.48 Å². The van der Waals surface area contributed by atoms with Crippen molar-refractivity contribution in [2.24, 2.45) is 0 Å². The molecule has 0 saturated heterocycles. The minimum Gasteiger partial charge on any atom is -0.476 e. The Kier molecular flexibility index (Phi) is 3.29. The van der Waals surface area contributed by atoms with Gasteiger partial charge in [0.05, 0.1) is 5.69 Å². The number of carboxylic acids is 1.